The maximum atomic E-state index is 12.1. The monoisotopic (exact) mass is 325 g/mol. The van der Waals surface area contributed by atoms with Gasteiger partial charge < -0.3 is 11.1 Å². The van der Waals surface area contributed by atoms with Crippen LogP contribution in [0.4, 0.5) is 5.13 Å². The molecule has 0 aromatic carbocycles. The number of aryl methyl sites for hydroxylation is 2. The van der Waals surface area contributed by atoms with Crippen molar-refractivity contribution in [2.24, 2.45) is 7.05 Å². The first-order valence-electron chi connectivity index (χ1n) is 6.72. The predicted octanol–water partition coefficient (Wildman–Crippen LogP) is 1.33. The molecular weight excluding hydrogens is 310 g/mol. The molecule has 2 aromatic rings. The second-order valence-corrected chi connectivity index (χ2v) is 6.70. The van der Waals surface area contributed by atoms with Gasteiger partial charge in [0, 0.05) is 36.1 Å². The van der Waals surface area contributed by atoms with Gasteiger partial charge in [0.15, 0.2) is 10.3 Å². The molecule has 0 spiro atoms. The molecule has 2 aromatic heterocycles. The molecule has 0 aliphatic heterocycles. The third kappa shape index (κ3) is 3.19. The average Bonchev–Trinajstić information content (AvgIpc) is 2.90. The molecule has 6 nitrogen and oxygen atoms in total. The van der Waals surface area contributed by atoms with Gasteiger partial charge >= 0.3 is 0 Å². The van der Waals surface area contributed by atoms with Crippen molar-refractivity contribution < 1.29 is 4.79 Å². The molecule has 1 aliphatic carbocycles. The fraction of sp³-hybridized carbons (Fsp3) is 0.462. The molecule has 3 N–H and O–H groups in total. The zero-order chi connectivity index (χ0) is 15.0. The standard InChI is InChI=1S/C13H16ClN5OS/c1-19-6-7(12(14)18-19)4-11(20)16-8-2-3-9-10(5-8)21-13(15)17-9/h6,8H,2-5H2,1H3,(H2,15,17)(H,16,20)/t8-/m0/s1. The van der Waals surface area contributed by atoms with E-state index in [0.717, 1.165) is 30.5 Å². The maximum absolute atomic E-state index is 12.1. The minimum atomic E-state index is -0.0316. The smallest absolute Gasteiger partial charge is 0.224 e. The van der Waals surface area contributed by atoms with Crippen LogP contribution in [0.2, 0.25) is 5.15 Å². The largest absolute Gasteiger partial charge is 0.375 e. The number of aromatic nitrogens is 3. The fourth-order valence-corrected chi connectivity index (χ4v) is 3.79. The summed E-state index contributed by atoms with van der Waals surface area (Å²) >= 11 is 7.48. The van der Waals surface area contributed by atoms with Crippen molar-refractivity contribution in [1.29, 1.82) is 0 Å². The van der Waals surface area contributed by atoms with E-state index in [1.165, 1.54) is 16.2 Å². The number of carbonyl (C=O) groups is 1. The van der Waals surface area contributed by atoms with Gasteiger partial charge in [-0.05, 0) is 12.8 Å². The van der Waals surface area contributed by atoms with E-state index < -0.39 is 0 Å². The molecule has 21 heavy (non-hydrogen) atoms. The van der Waals surface area contributed by atoms with E-state index in [1.807, 2.05) is 0 Å². The lowest BCUT2D eigenvalue weighted by molar-refractivity contribution is -0.121. The second-order valence-electron chi connectivity index (χ2n) is 5.22. The van der Waals surface area contributed by atoms with Gasteiger partial charge in [0.1, 0.15) is 0 Å². The number of amides is 1. The van der Waals surface area contributed by atoms with Gasteiger partial charge in [0.25, 0.3) is 0 Å². The lowest BCUT2D eigenvalue weighted by Crippen LogP contribution is -2.39. The zero-order valence-corrected chi connectivity index (χ0v) is 13.2. The van der Waals surface area contributed by atoms with Crippen LogP contribution in [0.15, 0.2) is 6.20 Å². The summed E-state index contributed by atoms with van der Waals surface area (Å²) in [5.41, 5.74) is 7.55. The number of nitrogens with one attached hydrogen (secondary N) is 1. The van der Waals surface area contributed by atoms with Gasteiger partial charge in [0.05, 0.1) is 12.1 Å². The first-order chi connectivity index (χ1) is 10.0. The Hall–Kier alpha value is -1.60. The van der Waals surface area contributed by atoms with Crippen LogP contribution in [0.25, 0.3) is 0 Å². The number of thiazole rings is 1. The first-order valence-corrected chi connectivity index (χ1v) is 7.92. The Bertz CT molecular complexity index is 680. The van der Waals surface area contributed by atoms with E-state index in [4.69, 9.17) is 17.3 Å². The molecule has 0 fully saturated rings. The number of nitrogens with zero attached hydrogens (tertiary/aromatic N) is 3. The molecule has 0 saturated heterocycles. The Morgan fingerprint density at radius 3 is 3.19 bits per heavy atom. The SMILES string of the molecule is Cn1cc(CC(=O)N[C@H]2CCc3nc(N)sc3C2)c(Cl)n1. The minimum Gasteiger partial charge on any atom is -0.375 e. The number of carbonyl (C=O) groups excluding carboxylic acids is 1. The Morgan fingerprint density at radius 1 is 1.67 bits per heavy atom. The van der Waals surface area contributed by atoms with Gasteiger partial charge in [-0.15, -0.1) is 11.3 Å². The lowest BCUT2D eigenvalue weighted by atomic mass is 9.97. The summed E-state index contributed by atoms with van der Waals surface area (Å²) in [7, 11) is 1.78. The first kappa shape index (κ1) is 14.3. The Kier molecular flexibility index (Phi) is 3.86. The normalized spacial score (nSPS) is 17.5. The van der Waals surface area contributed by atoms with E-state index in [2.05, 4.69) is 15.4 Å². The Morgan fingerprint density at radius 2 is 2.48 bits per heavy atom. The zero-order valence-electron chi connectivity index (χ0n) is 11.6. The Balaban J connectivity index is 1.60. The summed E-state index contributed by atoms with van der Waals surface area (Å²) in [5, 5.41) is 8.07. The summed E-state index contributed by atoms with van der Waals surface area (Å²) in [5.74, 6) is -0.0316. The number of fused-ring (bicyclic) bond motifs is 1. The molecule has 0 bridgehead atoms. The van der Waals surface area contributed by atoms with Gasteiger partial charge in [-0.25, -0.2) is 4.98 Å². The highest BCUT2D eigenvalue weighted by Crippen LogP contribution is 2.28. The number of halogens is 1. The van der Waals surface area contributed by atoms with Crippen molar-refractivity contribution in [2.75, 3.05) is 5.73 Å². The summed E-state index contributed by atoms with van der Waals surface area (Å²) in [4.78, 5) is 17.6. The third-order valence-corrected chi connectivity index (χ3v) is 4.79. The summed E-state index contributed by atoms with van der Waals surface area (Å²) in [6, 6.07) is 0.139. The molecule has 3 rings (SSSR count). The third-order valence-electron chi connectivity index (χ3n) is 3.53. The molecule has 112 valence electrons. The molecule has 0 unspecified atom stereocenters. The van der Waals surface area contributed by atoms with Crippen LogP contribution in [-0.2, 0) is 31.1 Å². The number of anilines is 1. The maximum Gasteiger partial charge on any atom is 0.224 e. The van der Waals surface area contributed by atoms with Gasteiger partial charge in [0.2, 0.25) is 5.91 Å². The van der Waals surface area contributed by atoms with E-state index in [-0.39, 0.29) is 18.4 Å². The number of nitrogen functional groups attached to an aromatic ring is 1. The highest BCUT2D eigenvalue weighted by Gasteiger charge is 2.23. The fourth-order valence-electron chi connectivity index (χ4n) is 2.60. The van der Waals surface area contributed by atoms with Gasteiger partial charge in [-0.1, -0.05) is 11.6 Å². The van der Waals surface area contributed by atoms with Crippen LogP contribution in [-0.4, -0.2) is 26.7 Å². The van der Waals surface area contributed by atoms with Crippen molar-refractivity contribution in [1.82, 2.24) is 20.1 Å². The quantitative estimate of drug-likeness (QED) is 0.891. The number of hydrogen-bond donors (Lipinski definition) is 2. The number of nitrogens with two attached hydrogens (primary N) is 1. The summed E-state index contributed by atoms with van der Waals surface area (Å²) < 4.78 is 1.61. The van der Waals surface area contributed by atoms with Gasteiger partial charge in [-0.3, -0.25) is 9.48 Å². The molecule has 1 atom stereocenters. The molecule has 0 radical (unpaired) electrons. The summed E-state index contributed by atoms with van der Waals surface area (Å²) in [6.45, 7) is 0. The van der Waals surface area contributed by atoms with Crippen LogP contribution >= 0.6 is 22.9 Å². The molecule has 1 amide bonds. The van der Waals surface area contributed by atoms with E-state index in [1.54, 1.807) is 17.9 Å². The highest BCUT2D eigenvalue weighted by molar-refractivity contribution is 7.15. The summed E-state index contributed by atoms with van der Waals surface area (Å²) in [6.07, 6.45) is 4.58. The topological polar surface area (TPSA) is 85.8 Å². The van der Waals surface area contributed by atoms with E-state index in [9.17, 15) is 4.79 Å². The van der Waals surface area contributed by atoms with Crippen molar-refractivity contribution >= 4 is 34.0 Å². The predicted molar refractivity (Wildman–Crippen MR) is 82.4 cm³/mol. The van der Waals surface area contributed by atoms with Crippen LogP contribution < -0.4 is 11.1 Å². The minimum absolute atomic E-state index is 0.0316. The van der Waals surface area contributed by atoms with Gasteiger partial charge in [-0.2, -0.15) is 5.10 Å². The second kappa shape index (κ2) is 5.65. The number of hydrogen-bond acceptors (Lipinski definition) is 5. The molecule has 2 heterocycles. The average molecular weight is 326 g/mol. The lowest BCUT2D eigenvalue weighted by Gasteiger charge is -2.22. The van der Waals surface area contributed by atoms with E-state index in [0.29, 0.717) is 10.3 Å². The van der Waals surface area contributed by atoms with Crippen LogP contribution in [0, 0.1) is 0 Å². The molecule has 1 aliphatic rings. The van der Waals surface area contributed by atoms with Crippen molar-refractivity contribution in [2.45, 2.75) is 31.7 Å². The Labute approximate surface area is 131 Å². The molecule has 8 heteroatoms. The van der Waals surface area contributed by atoms with Crippen molar-refractivity contribution in [3.63, 3.8) is 0 Å². The van der Waals surface area contributed by atoms with Crippen LogP contribution in [0.3, 0.4) is 0 Å². The van der Waals surface area contributed by atoms with Crippen molar-refractivity contribution in [3.05, 3.63) is 27.5 Å². The van der Waals surface area contributed by atoms with E-state index >= 15 is 0 Å². The molecular formula is C13H16ClN5OS. The van der Waals surface area contributed by atoms with Crippen LogP contribution in [0.1, 0.15) is 22.6 Å². The number of rotatable bonds is 3. The molecule has 0 saturated carbocycles. The van der Waals surface area contributed by atoms with Crippen molar-refractivity contribution in [3.8, 4) is 0 Å². The highest BCUT2D eigenvalue weighted by atomic mass is 35.5. The van der Waals surface area contributed by atoms with Crippen LogP contribution in [0.5, 0.6) is 0 Å².